The van der Waals surface area contributed by atoms with E-state index in [0.29, 0.717) is 16.5 Å². The van der Waals surface area contributed by atoms with Crippen molar-refractivity contribution >= 4 is 52.1 Å². The van der Waals surface area contributed by atoms with E-state index in [4.69, 9.17) is 40.2 Å². The molecule has 2 N–H and O–H groups in total. The standard InChI is InChI=1S/C20H14Cl2N2O2S/c21-13-6-11-17(18(22)12-13)19(25)24-20(27)23-14-7-9-16(10-8-14)26-15-4-2-1-3-5-15/h1-12H,(H2,23,24,25,27). The van der Waals surface area contributed by atoms with E-state index in [2.05, 4.69) is 10.6 Å². The lowest BCUT2D eigenvalue weighted by Crippen LogP contribution is -2.34. The Balaban J connectivity index is 1.58. The molecule has 0 aliphatic carbocycles. The number of ether oxygens (including phenoxy) is 1. The number of rotatable bonds is 4. The molecular formula is C20H14Cl2N2O2S. The molecule has 0 bridgehead atoms. The van der Waals surface area contributed by atoms with Crippen LogP contribution < -0.4 is 15.4 Å². The zero-order valence-corrected chi connectivity index (χ0v) is 16.2. The van der Waals surface area contributed by atoms with Crippen molar-refractivity contribution < 1.29 is 9.53 Å². The number of hydrogen-bond acceptors (Lipinski definition) is 3. The lowest BCUT2D eigenvalue weighted by molar-refractivity contribution is 0.0978. The lowest BCUT2D eigenvalue weighted by Gasteiger charge is -2.11. The summed E-state index contributed by atoms with van der Waals surface area (Å²) in [5.41, 5.74) is 1.000. The molecule has 0 aliphatic heterocycles. The summed E-state index contributed by atoms with van der Waals surface area (Å²) in [6, 6.07) is 21.3. The van der Waals surface area contributed by atoms with Gasteiger partial charge in [-0.3, -0.25) is 10.1 Å². The van der Waals surface area contributed by atoms with E-state index in [1.165, 1.54) is 6.07 Å². The van der Waals surface area contributed by atoms with Crippen molar-refractivity contribution in [1.29, 1.82) is 0 Å². The van der Waals surface area contributed by atoms with Gasteiger partial charge in [0, 0.05) is 10.7 Å². The molecule has 0 aromatic heterocycles. The highest BCUT2D eigenvalue weighted by Crippen LogP contribution is 2.23. The van der Waals surface area contributed by atoms with Crippen molar-refractivity contribution in [3.63, 3.8) is 0 Å². The monoisotopic (exact) mass is 416 g/mol. The SMILES string of the molecule is O=C(NC(=S)Nc1ccc(Oc2ccccc2)cc1)c1ccc(Cl)cc1Cl. The minimum atomic E-state index is -0.418. The number of nitrogens with one attached hydrogen (secondary N) is 2. The molecule has 3 aromatic rings. The largest absolute Gasteiger partial charge is 0.457 e. The fraction of sp³-hybridized carbons (Fsp3) is 0. The summed E-state index contributed by atoms with van der Waals surface area (Å²) in [7, 11) is 0. The van der Waals surface area contributed by atoms with Gasteiger partial charge in [0.05, 0.1) is 10.6 Å². The van der Waals surface area contributed by atoms with Crippen LogP contribution in [0.5, 0.6) is 11.5 Å². The third kappa shape index (κ3) is 5.44. The summed E-state index contributed by atoms with van der Waals surface area (Å²) in [5.74, 6) is 1.02. The number of carbonyl (C=O) groups is 1. The topological polar surface area (TPSA) is 50.4 Å². The average molecular weight is 417 g/mol. The molecule has 0 saturated heterocycles. The van der Waals surface area contributed by atoms with Crippen LogP contribution in [0.25, 0.3) is 0 Å². The summed E-state index contributed by atoms with van der Waals surface area (Å²) in [6.45, 7) is 0. The first kappa shape index (κ1) is 19.2. The van der Waals surface area contributed by atoms with Crippen molar-refractivity contribution in [3.8, 4) is 11.5 Å². The highest BCUT2D eigenvalue weighted by Gasteiger charge is 2.12. The number of amides is 1. The molecule has 0 radical (unpaired) electrons. The first-order valence-electron chi connectivity index (χ1n) is 7.91. The van der Waals surface area contributed by atoms with Crippen LogP contribution in [0.4, 0.5) is 5.69 Å². The zero-order valence-electron chi connectivity index (χ0n) is 13.9. The molecule has 0 aliphatic rings. The quantitative estimate of drug-likeness (QED) is 0.518. The Bertz CT molecular complexity index is 963. The first-order valence-corrected chi connectivity index (χ1v) is 9.08. The maximum absolute atomic E-state index is 12.2. The molecular weight excluding hydrogens is 403 g/mol. The van der Waals surface area contributed by atoms with E-state index in [1.54, 1.807) is 36.4 Å². The van der Waals surface area contributed by atoms with E-state index in [1.807, 2.05) is 30.3 Å². The van der Waals surface area contributed by atoms with Gasteiger partial charge in [0.15, 0.2) is 5.11 Å². The summed E-state index contributed by atoms with van der Waals surface area (Å²) in [4.78, 5) is 12.2. The summed E-state index contributed by atoms with van der Waals surface area (Å²) >= 11 is 17.0. The number of para-hydroxylation sites is 1. The number of anilines is 1. The van der Waals surface area contributed by atoms with Crippen LogP contribution in [0.1, 0.15) is 10.4 Å². The van der Waals surface area contributed by atoms with Gasteiger partial charge in [-0.05, 0) is 66.8 Å². The van der Waals surface area contributed by atoms with Crippen LogP contribution >= 0.6 is 35.4 Å². The van der Waals surface area contributed by atoms with Crippen molar-refractivity contribution in [2.45, 2.75) is 0 Å². The van der Waals surface area contributed by atoms with Gasteiger partial charge in [0.1, 0.15) is 11.5 Å². The van der Waals surface area contributed by atoms with Gasteiger partial charge in [-0.15, -0.1) is 0 Å². The smallest absolute Gasteiger partial charge is 0.258 e. The van der Waals surface area contributed by atoms with Gasteiger partial charge >= 0.3 is 0 Å². The molecule has 0 atom stereocenters. The predicted molar refractivity (Wildman–Crippen MR) is 113 cm³/mol. The second-order valence-electron chi connectivity index (χ2n) is 5.47. The second-order valence-corrected chi connectivity index (χ2v) is 6.72. The van der Waals surface area contributed by atoms with E-state index >= 15 is 0 Å². The summed E-state index contributed by atoms with van der Waals surface area (Å²) < 4.78 is 5.73. The van der Waals surface area contributed by atoms with Crippen molar-refractivity contribution in [3.05, 3.63) is 88.4 Å². The van der Waals surface area contributed by atoms with Gasteiger partial charge in [-0.1, -0.05) is 41.4 Å². The van der Waals surface area contributed by atoms with Crippen LogP contribution in [-0.4, -0.2) is 11.0 Å². The molecule has 27 heavy (non-hydrogen) atoms. The molecule has 0 heterocycles. The van der Waals surface area contributed by atoms with Gasteiger partial charge in [-0.25, -0.2) is 0 Å². The van der Waals surface area contributed by atoms with Crippen molar-refractivity contribution in [2.24, 2.45) is 0 Å². The fourth-order valence-electron chi connectivity index (χ4n) is 2.24. The third-order valence-electron chi connectivity index (χ3n) is 3.49. The lowest BCUT2D eigenvalue weighted by atomic mass is 10.2. The Labute approximate surface area is 172 Å². The maximum atomic E-state index is 12.2. The summed E-state index contributed by atoms with van der Waals surface area (Å²) in [6.07, 6.45) is 0. The van der Waals surface area contributed by atoms with Crippen LogP contribution in [0, 0.1) is 0 Å². The van der Waals surface area contributed by atoms with Crippen LogP contribution in [0.3, 0.4) is 0 Å². The molecule has 0 saturated carbocycles. The Kier molecular flexibility index (Phi) is 6.29. The molecule has 4 nitrogen and oxygen atoms in total. The van der Waals surface area contributed by atoms with Gasteiger partial charge in [-0.2, -0.15) is 0 Å². The normalized spacial score (nSPS) is 10.1. The van der Waals surface area contributed by atoms with E-state index in [0.717, 1.165) is 5.75 Å². The molecule has 3 aromatic carbocycles. The third-order valence-corrected chi connectivity index (χ3v) is 4.25. The molecule has 7 heteroatoms. The van der Waals surface area contributed by atoms with Crippen LogP contribution in [0.15, 0.2) is 72.8 Å². The number of thiocarbonyl (C=S) groups is 1. The first-order chi connectivity index (χ1) is 13.0. The zero-order chi connectivity index (χ0) is 19.2. The van der Waals surface area contributed by atoms with E-state index in [-0.39, 0.29) is 15.7 Å². The molecule has 0 fully saturated rings. The highest BCUT2D eigenvalue weighted by molar-refractivity contribution is 7.80. The number of carbonyl (C=O) groups excluding carboxylic acids is 1. The Morgan fingerprint density at radius 3 is 2.22 bits per heavy atom. The Hall–Kier alpha value is -2.60. The van der Waals surface area contributed by atoms with E-state index < -0.39 is 5.91 Å². The average Bonchev–Trinajstić information content (AvgIpc) is 2.64. The molecule has 0 unspecified atom stereocenters. The number of hydrogen-bond donors (Lipinski definition) is 2. The molecule has 1 amide bonds. The van der Waals surface area contributed by atoms with Crippen LogP contribution in [-0.2, 0) is 0 Å². The maximum Gasteiger partial charge on any atom is 0.258 e. The minimum Gasteiger partial charge on any atom is -0.457 e. The molecule has 136 valence electrons. The Morgan fingerprint density at radius 1 is 0.889 bits per heavy atom. The number of benzene rings is 3. The van der Waals surface area contributed by atoms with Crippen molar-refractivity contribution in [2.75, 3.05) is 5.32 Å². The van der Waals surface area contributed by atoms with E-state index in [9.17, 15) is 4.79 Å². The Morgan fingerprint density at radius 2 is 1.56 bits per heavy atom. The fourth-order valence-corrected chi connectivity index (χ4v) is 2.94. The molecule has 3 rings (SSSR count). The van der Waals surface area contributed by atoms with Crippen molar-refractivity contribution in [1.82, 2.24) is 5.32 Å². The predicted octanol–water partition coefficient (Wildman–Crippen LogP) is 5.91. The summed E-state index contributed by atoms with van der Waals surface area (Å²) in [5, 5.41) is 6.39. The second kappa shape index (κ2) is 8.86. The molecule has 0 spiro atoms. The van der Waals surface area contributed by atoms with Gasteiger partial charge in [0.2, 0.25) is 0 Å². The number of halogens is 2. The van der Waals surface area contributed by atoms with Gasteiger partial charge < -0.3 is 10.1 Å². The minimum absolute atomic E-state index is 0.155. The van der Waals surface area contributed by atoms with Crippen LogP contribution in [0.2, 0.25) is 10.0 Å². The van der Waals surface area contributed by atoms with Gasteiger partial charge in [0.25, 0.3) is 5.91 Å². The highest BCUT2D eigenvalue weighted by atomic mass is 35.5.